The van der Waals surface area contributed by atoms with Gasteiger partial charge in [-0.2, -0.15) is 4.31 Å². The molecule has 1 aliphatic heterocycles. The molecule has 0 saturated carbocycles. The monoisotopic (exact) mass is 421 g/mol. The van der Waals surface area contributed by atoms with Gasteiger partial charge in [-0.3, -0.25) is 10.1 Å². The largest absolute Gasteiger partial charge is 0.495 e. The highest BCUT2D eigenvalue weighted by Gasteiger charge is 2.29. The first-order valence-electron chi connectivity index (χ1n) is 9.66. The summed E-state index contributed by atoms with van der Waals surface area (Å²) in [5.74, 6) is 0.713. The van der Waals surface area contributed by atoms with E-state index in [1.165, 1.54) is 17.5 Å². The summed E-state index contributed by atoms with van der Waals surface area (Å²) in [6.07, 6.45) is 4.30. The molecule has 2 N–H and O–H groups in total. The minimum Gasteiger partial charge on any atom is -0.495 e. The van der Waals surface area contributed by atoms with E-state index in [2.05, 4.69) is 10.6 Å². The van der Waals surface area contributed by atoms with E-state index in [9.17, 15) is 13.2 Å². The summed E-state index contributed by atoms with van der Waals surface area (Å²) in [7, 11) is -2.26. The Kier molecular flexibility index (Phi) is 6.94. The number of nitrogens with one attached hydrogen (secondary N) is 2. The molecule has 1 fully saturated rings. The second kappa shape index (κ2) is 9.43. The molecule has 0 spiro atoms. The van der Waals surface area contributed by atoms with Gasteiger partial charge in [0.25, 0.3) is 0 Å². The molecule has 0 radical (unpaired) electrons. The van der Waals surface area contributed by atoms with Crippen LogP contribution in [0, 0.1) is 0 Å². The molecule has 3 rings (SSSR count). The lowest BCUT2D eigenvalue weighted by atomic mass is 10.2. The topological polar surface area (TPSA) is 101 Å². The number of carbonyl (C=O) groups is 1. The number of carbonyl (C=O) groups excluding carboxylic acids is 1. The summed E-state index contributed by atoms with van der Waals surface area (Å²) in [6.45, 7) is 2.94. The van der Waals surface area contributed by atoms with E-state index in [0.29, 0.717) is 18.8 Å². The zero-order chi connectivity index (χ0) is 20.9. The van der Waals surface area contributed by atoms with Gasteiger partial charge in [-0.15, -0.1) is 0 Å². The number of anilines is 1. The van der Waals surface area contributed by atoms with Crippen LogP contribution in [0.4, 0.5) is 5.69 Å². The maximum Gasteiger partial charge on any atom is 0.246 e. The number of amides is 1. The molecular formula is C20H27N3O5S. The lowest BCUT2D eigenvalue weighted by Crippen LogP contribution is -2.35. The van der Waals surface area contributed by atoms with Crippen molar-refractivity contribution in [3.8, 4) is 5.75 Å². The molecule has 0 bridgehead atoms. The van der Waals surface area contributed by atoms with Crippen LogP contribution in [0.25, 0.3) is 0 Å². The quantitative estimate of drug-likeness (QED) is 0.680. The van der Waals surface area contributed by atoms with Crippen molar-refractivity contribution < 1.29 is 22.4 Å². The van der Waals surface area contributed by atoms with E-state index >= 15 is 0 Å². The minimum absolute atomic E-state index is 0.0576. The third-order valence-corrected chi connectivity index (χ3v) is 6.84. The van der Waals surface area contributed by atoms with Gasteiger partial charge in [0.1, 0.15) is 16.4 Å². The molecule has 0 unspecified atom stereocenters. The minimum atomic E-state index is -3.69. The van der Waals surface area contributed by atoms with Gasteiger partial charge in [-0.05, 0) is 50.1 Å². The Hall–Kier alpha value is -2.36. The average molecular weight is 422 g/mol. The van der Waals surface area contributed by atoms with E-state index in [1.54, 1.807) is 24.5 Å². The summed E-state index contributed by atoms with van der Waals surface area (Å²) >= 11 is 0. The average Bonchev–Trinajstić information content (AvgIpc) is 3.27. The van der Waals surface area contributed by atoms with Crippen LogP contribution in [0.1, 0.15) is 38.0 Å². The summed E-state index contributed by atoms with van der Waals surface area (Å²) < 4.78 is 38.2. The van der Waals surface area contributed by atoms with Crippen LogP contribution in [-0.4, -0.2) is 45.4 Å². The maximum atomic E-state index is 13.1. The number of hydrogen-bond acceptors (Lipinski definition) is 6. The molecule has 1 aliphatic rings. The number of ether oxygens (including phenoxy) is 1. The number of benzene rings is 1. The molecule has 1 aromatic heterocycles. The molecule has 9 heteroatoms. The van der Waals surface area contributed by atoms with Gasteiger partial charge in [0.15, 0.2) is 0 Å². The summed E-state index contributed by atoms with van der Waals surface area (Å²) in [5.41, 5.74) is 0.402. The van der Waals surface area contributed by atoms with Crippen molar-refractivity contribution in [1.82, 2.24) is 9.62 Å². The molecule has 2 aromatic rings. The van der Waals surface area contributed by atoms with Gasteiger partial charge < -0.3 is 14.5 Å². The second-order valence-electron chi connectivity index (χ2n) is 7.00. The number of piperidine rings is 1. The summed E-state index contributed by atoms with van der Waals surface area (Å²) in [6, 6.07) is 8.14. The van der Waals surface area contributed by atoms with E-state index in [4.69, 9.17) is 9.15 Å². The normalized spacial score (nSPS) is 16.3. The highest BCUT2D eigenvalue weighted by atomic mass is 32.2. The Morgan fingerprint density at radius 2 is 2.00 bits per heavy atom. The zero-order valence-electron chi connectivity index (χ0n) is 16.7. The van der Waals surface area contributed by atoms with Gasteiger partial charge >= 0.3 is 0 Å². The Labute approximate surface area is 171 Å². The van der Waals surface area contributed by atoms with E-state index in [1.807, 2.05) is 13.0 Å². The van der Waals surface area contributed by atoms with Crippen molar-refractivity contribution in [2.75, 3.05) is 32.1 Å². The molecule has 2 heterocycles. The number of hydrogen-bond donors (Lipinski definition) is 2. The predicted octanol–water partition coefficient (Wildman–Crippen LogP) is 2.75. The van der Waals surface area contributed by atoms with Gasteiger partial charge in [0.2, 0.25) is 15.9 Å². The fraction of sp³-hybridized carbons (Fsp3) is 0.450. The molecule has 8 nitrogen and oxygen atoms in total. The highest BCUT2D eigenvalue weighted by Crippen LogP contribution is 2.31. The SMILES string of the molecule is COc1ccc(NC(=O)CN[C@H](C)c2ccco2)cc1S(=O)(=O)N1CCCCC1. The maximum absolute atomic E-state index is 13.1. The first kappa shape index (κ1) is 21.4. The van der Waals surface area contributed by atoms with Crippen LogP contribution in [0.3, 0.4) is 0 Å². The van der Waals surface area contributed by atoms with E-state index < -0.39 is 10.0 Å². The van der Waals surface area contributed by atoms with Crippen LogP contribution < -0.4 is 15.4 Å². The summed E-state index contributed by atoms with van der Waals surface area (Å²) in [4.78, 5) is 12.4. The number of furan rings is 1. The molecule has 1 aromatic carbocycles. The van der Waals surface area contributed by atoms with Crippen LogP contribution in [0.2, 0.25) is 0 Å². The smallest absolute Gasteiger partial charge is 0.246 e. The van der Waals surface area contributed by atoms with Crippen molar-refractivity contribution in [1.29, 1.82) is 0 Å². The van der Waals surface area contributed by atoms with Crippen LogP contribution >= 0.6 is 0 Å². The van der Waals surface area contributed by atoms with Crippen molar-refractivity contribution in [3.63, 3.8) is 0 Å². The first-order chi connectivity index (χ1) is 13.9. The fourth-order valence-corrected chi connectivity index (χ4v) is 4.99. The molecule has 29 heavy (non-hydrogen) atoms. The third-order valence-electron chi connectivity index (χ3n) is 4.92. The summed E-state index contributed by atoms with van der Waals surface area (Å²) in [5, 5.41) is 5.81. The van der Waals surface area contributed by atoms with Crippen molar-refractivity contribution >= 4 is 21.6 Å². The van der Waals surface area contributed by atoms with Crippen molar-refractivity contribution in [2.45, 2.75) is 37.1 Å². The lowest BCUT2D eigenvalue weighted by molar-refractivity contribution is -0.115. The number of methoxy groups -OCH3 is 1. The predicted molar refractivity (Wildman–Crippen MR) is 109 cm³/mol. The molecule has 158 valence electrons. The zero-order valence-corrected chi connectivity index (χ0v) is 17.5. The van der Waals surface area contributed by atoms with Gasteiger partial charge in [-0.25, -0.2) is 8.42 Å². The highest BCUT2D eigenvalue weighted by molar-refractivity contribution is 7.89. The Morgan fingerprint density at radius 1 is 1.24 bits per heavy atom. The van der Waals surface area contributed by atoms with Gasteiger partial charge in [0, 0.05) is 18.8 Å². The van der Waals surface area contributed by atoms with E-state index in [-0.39, 0.29) is 29.1 Å². The van der Waals surface area contributed by atoms with Gasteiger partial charge in [0.05, 0.1) is 26.0 Å². The Morgan fingerprint density at radius 3 is 2.66 bits per heavy atom. The Balaban J connectivity index is 1.70. The lowest BCUT2D eigenvalue weighted by Gasteiger charge is -2.26. The molecule has 1 saturated heterocycles. The molecule has 1 atom stereocenters. The van der Waals surface area contributed by atoms with Crippen LogP contribution in [0.15, 0.2) is 45.9 Å². The van der Waals surface area contributed by atoms with Gasteiger partial charge in [-0.1, -0.05) is 6.42 Å². The molecule has 1 amide bonds. The van der Waals surface area contributed by atoms with Crippen molar-refractivity contribution in [3.05, 3.63) is 42.4 Å². The first-order valence-corrected chi connectivity index (χ1v) is 11.1. The van der Waals surface area contributed by atoms with Crippen molar-refractivity contribution in [2.24, 2.45) is 0 Å². The third kappa shape index (κ3) is 5.17. The molecule has 0 aliphatic carbocycles. The number of nitrogens with zero attached hydrogens (tertiary/aromatic N) is 1. The fourth-order valence-electron chi connectivity index (χ4n) is 3.29. The molecular weight excluding hydrogens is 394 g/mol. The number of sulfonamides is 1. The van der Waals surface area contributed by atoms with Crippen LogP contribution in [-0.2, 0) is 14.8 Å². The van der Waals surface area contributed by atoms with Crippen LogP contribution in [0.5, 0.6) is 5.75 Å². The Bertz CT molecular complexity index is 922. The number of rotatable bonds is 8. The second-order valence-corrected chi connectivity index (χ2v) is 8.90. The standard InChI is InChI=1S/C20H27N3O5S/c1-15(17-7-6-12-28-17)21-14-20(24)22-16-8-9-18(27-2)19(13-16)29(25,26)23-10-4-3-5-11-23/h6-9,12-13,15,21H,3-5,10-11,14H2,1-2H3,(H,22,24)/t15-/m1/s1. The van der Waals surface area contributed by atoms with E-state index in [0.717, 1.165) is 25.0 Å².